The molecule has 2 nitrogen and oxygen atoms in total. The molecule has 1 N–H and O–H groups in total. The highest BCUT2D eigenvalue weighted by Gasteiger charge is 2.35. The molecule has 30 heavy (non-hydrogen) atoms. The van der Waals surface area contributed by atoms with Gasteiger partial charge in [0.05, 0.1) is 11.2 Å². The lowest BCUT2D eigenvalue weighted by atomic mass is 9.78. The molecule has 1 aromatic heterocycles. The van der Waals surface area contributed by atoms with Crippen molar-refractivity contribution in [3.05, 3.63) is 138 Å². The molecule has 0 atom stereocenters. The van der Waals surface area contributed by atoms with E-state index < -0.39 is 5.60 Å². The van der Waals surface area contributed by atoms with E-state index in [0.29, 0.717) is 0 Å². The zero-order chi connectivity index (χ0) is 20.4. The van der Waals surface area contributed by atoms with Crippen molar-refractivity contribution < 1.29 is 5.11 Å². The summed E-state index contributed by atoms with van der Waals surface area (Å²) in [5.74, 6) is 0. The molecule has 0 spiro atoms. The van der Waals surface area contributed by atoms with Crippen molar-refractivity contribution in [2.24, 2.45) is 0 Å². The average Bonchev–Trinajstić information content (AvgIpc) is 2.84. The number of para-hydroxylation sites is 1. The van der Waals surface area contributed by atoms with Crippen molar-refractivity contribution in [2.75, 3.05) is 0 Å². The van der Waals surface area contributed by atoms with Crippen LogP contribution in [0, 0.1) is 0 Å². The van der Waals surface area contributed by atoms with Crippen molar-refractivity contribution in [3.63, 3.8) is 0 Å². The van der Waals surface area contributed by atoms with Gasteiger partial charge in [-0.15, -0.1) is 0 Å². The Balaban J connectivity index is 1.77. The molecule has 5 rings (SSSR count). The first-order valence-electron chi connectivity index (χ1n) is 10.1. The van der Waals surface area contributed by atoms with Crippen LogP contribution in [0.3, 0.4) is 0 Å². The van der Waals surface area contributed by atoms with E-state index in [4.69, 9.17) is 4.98 Å². The van der Waals surface area contributed by atoms with Gasteiger partial charge in [0.2, 0.25) is 0 Å². The lowest BCUT2D eigenvalue weighted by Gasteiger charge is -2.32. The highest BCUT2D eigenvalue weighted by Crippen LogP contribution is 2.41. The van der Waals surface area contributed by atoms with Gasteiger partial charge in [-0.3, -0.25) is 0 Å². The SMILES string of the molecule is OC(c1ccccc1)(c1ccccc1)c1ccccc1-c1ccc2ccccc2n1. The Morgan fingerprint density at radius 1 is 0.533 bits per heavy atom. The second-order valence-corrected chi connectivity index (χ2v) is 7.38. The van der Waals surface area contributed by atoms with Crippen LogP contribution in [0.1, 0.15) is 16.7 Å². The van der Waals surface area contributed by atoms with E-state index in [0.717, 1.165) is 38.9 Å². The van der Waals surface area contributed by atoms with Crippen LogP contribution in [0.2, 0.25) is 0 Å². The average molecular weight is 387 g/mol. The molecule has 0 saturated carbocycles. The van der Waals surface area contributed by atoms with Gasteiger partial charge in [0.1, 0.15) is 5.60 Å². The zero-order valence-electron chi connectivity index (χ0n) is 16.4. The molecule has 0 amide bonds. The Hall–Kier alpha value is -3.75. The first-order chi connectivity index (χ1) is 14.8. The number of hydrogen-bond acceptors (Lipinski definition) is 2. The third kappa shape index (κ3) is 3.08. The molecule has 0 unspecified atom stereocenters. The molecule has 2 heteroatoms. The van der Waals surface area contributed by atoms with Gasteiger partial charge in [0.15, 0.2) is 0 Å². The fourth-order valence-electron chi connectivity index (χ4n) is 4.07. The Labute approximate surface area is 176 Å². The van der Waals surface area contributed by atoms with Crippen LogP contribution in [-0.4, -0.2) is 10.1 Å². The minimum atomic E-state index is -1.30. The summed E-state index contributed by atoms with van der Waals surface area (Å²) < 4.78 is 0. The molecule has 1 heterocycles. The molecule has 0 saturated heterocycles. The number of pyridine rings is 1. The number of nitrogens with zero attached hydrogens (tertiary/aromatic N) is 1. The van der Waals surface area contributed by atoms with Gasteiger partial charge in [0, 0.05) is 16.5 Å². The number of benzene rings is 4. The second kappa shape index (κ2) is 7.58. The van der Waals surface area contributed by atoms with Crippen LogP contribution < -0.4 is 0 Å². The van der Waals surface area contributed by atoms with E-state index in [1.54, 1.807) is 0 Å². The fraction of sp³-hybridized carbons (Fsp3) is 0.0357. The normalized spacial score (nSPS) is 11.5. The maximum Gasteiger partial charge on any atom is 0.141 e. The van der Waals surface area contributed by atoms with E-state index in [9.17, 15) is 5.11 Å². The number of aliphatic hydroxyl groups is 1. The van der Waals surface area contributed by atoms with Crippen LogP contribution in [-0.2, 0) is 5.60 Å². The van der Waals surface area contributed by atoms with Gasteiger partial charge >= 0.3 is 0 Å². The third-order valence-electron chi connectivity index (χ3n) is 5.57. The highest BCUT2D eigenvalue weighted by molar-refractivity contribution is 5.82. The van der Waals surface area contributed by atoms with Gasteiger partial charge < -0.3 is 5.11 Å². The van der Waals surface area contributed by atoms with E-state index in [1.807, 2.05) is 109 Å². The second-order valence-electron chi connectivity index (χ2n) is 7.38. The number of aromatic nitrogens is 1. The summed E-state index contributed by atoms with van der Waals surface area (Å²) in [5, 5.41) is 13.4. The van der Waals surface area contributed by atoms with Crippen molar-refractivity contribution in [1.29, 1.82) is 0 Å². The molecule has 4 aromatic carbocycles. The molecule has 0 radical (unpaired) electrons. The predicted octanol–water partition coefficient (Wildman–Crippen LogP) is 6.19. The first kappa shape index (κ1) is 18.3. The summed E-state index contributed by atoms with van der Waals surface area (Å²) in [6.07, 6.45) is 0. The summed E-state index contributed by atoms with van der Waals surface area (Å²) in [5.41, 5.74) is 3.85. The van der Waals surface area contributed by atoms with E-state index in [2.05, 4.69) is 12.1 Å². The lowest BCUT2D eigenvalue weighted by molar-refractivity contribution is 0.126. The van der Waals surface area contributed by atoms with Crippen LogP contribution >= 0.6 is 0 Å². The first-order valence-corrected chi connectivity index (χ1v) is 10.1. The van der Waals surface area contributed by atoms with Crippen LogP contribution in [0.5, 0.6) is 0 Å². The third-order valence-corrected chi connectivity index (χ3v) is 5.57. The minimum Gasteiger partial charge on any atom is -0.376 e. The van der Waals surface area contributed by atoms with Gasteiger partial charge in [-0.2, -0.15) is 0 Å². The molecule has 144 valence electrons. The van der Waals surface area contributed by atoms with Gasteiger partial charge in [-0.1, -0.05) is 109 Å². The number of rotatable bonds is 4. The van der Waals surface area contributed by atoms with Crippen LogP contribution in [0.15, 0.2) is 121 Å². The summed E-state index contributed by atoms with van der Waals surface area (Å²) in [4.78, 5) is 4.90. The fourth-order valence-corrected chi connectivity index (χ4v) is 4.07. The molecule has 0 aliphatic heterocycles. The number of fused-ring (bicyclic) bond motifs is 1. The summed E-state index contributed by atoms with van der Waals surface area (Å²) >= 11 is 0. The van der Waals surface area contributed by atoms with Crippen LogP contribution in [0.25, 0.3) is 22.2 Å². The Morgan fingerprint density at radius 2 is 1.10 bits per heavy atom. The minimum absolute atomic E-state index is 0.810. The molecule has 0 fully saturated rings. The summed E-state index contributed by atoms with van der Waals surface area (Å²) in [6, 6.07) is 39.8. The smallest absolute Gasteiger partial charge is 0.141 e. The maximum atomic E-state index is 12.3. The highest BCUT2D eigenvalue weighted by atomic mass is 16.3. The predicted molar refractivity (Wildman–Crippen MR) is 122 cm³/mol. The zero-order valence-corrected chi connectivity index (χ0v) is 16.4. The maximum absolute atomic E-state index is 12.3. The molecular weight excluding hydrogens is 366 g/mol. The summed E-state index contributed by atoms with van der Waals surface area (Å²) in [7, 11) is 0. The quantitative estimate of drug-likeness (QED) is 0.373. The Bertz CT molecular complexity index is 1260. The van der Waals surface area contributed by atoms with Gasteiger partial charge in [-0.25, -0.2) is 4.98 Å². The van der Waals surface area contributed by atoms with Crippen molar-refractivity contribution in [1.82, 2.24) is 4.98 Å². The molecular formula is C28H21NO. The van der Waals surface area contributed by atoms with Crippen molar-refractivity contribution in [2.45, 2.75) is 5.60 Å². The number of hydrogen-bond donors (Lipinski definition) is 1. The topological polar surface area (TPSA) is 33.1 Å². The van der Waals surface area contributed by atoms with Crippen molar-refractivity contribution >= 4 is 10.9 Å². The lowest BCUT2D eigenvalue weighted by Crippen LogP contribution is -2.29. The molecule has 5 aromatic rings. The van der Waals surface area contributed by atoms with E-state index >= 15 is 0 Å². The largest absolute Gasteiger partial charge is 0.376 e. The Morgan fingerprint density at radius 3 is 1.80 bits per heavy atom. The standard InChI is InChI=1S/C28H21NO/c30-28(22-12-3-1-4-13-22,23-14-5-2-6-15-23)25-17-9-8-16-24(25)27-20-19-21-11-7-10-18-26(21)29-27/h1-20,30H. The van der Waals surface area contributed by atoms with E-state index in [-0.39, 0.29) is 0 Å². The Kier molecular flexibility index (Phi) is 4.62. The molecule has 0 aliphatic carbocycles. The molecule has 0 bridgehead atoms. The van der Waals surface area contributed by atoms with Gasteiger partial charge in [-0.05, 0) is 23.3 Å². The van der Waals surface area contributed by atoms with Crippen LogP contribution in [0.4, 0.5) is 0 Å². The van der Waals surface area contributed by atoms with Crippen molar-refractivity contribution in [3.8, 4) is 11.3 Å². The summed E-state index contributed by atoms with van der Waals surface area (Å²) in [6.45, 7) is 0. The van der Waals surface area contributed by atoms with Gasteiger partial charge in [0.25, 0.3) is 0 Å². The molecule has 0 aliphatic rings. The monoisotopic (exact) mass is 387 g/mol. The van der Waals surface area contributed by atoms with E-state index in [1.165, 1.54) is 0 Å².